The SMILES string of the molecule is CCCC1CCCC(NC(CO)CC(C)C)CC1. The highest BCUT2D eigenvalue weighted by Crippen LogP contribution is 2.27. The first kappa shape index (κ1) is 16.0. The summed E-state index contributed by atoms with van der Waals surface area (Å²) in [5, 5.41) is 13.1. The van der Waals surface area contributed by atoms with Gasteiger partial charge in [-0.25, -0.2) is 0 Å². The molecular weight excluding hydrogens is 222 g/mol. The molecule has 1 aliphatic rings. The van der Waals surface area contributed by atoms with Crippen LogP contribution in [-0.4, -0.2) is 23.8 Å². The van der Waals surface area contributed by atoms with E-state index < -0.39 is 0 Å². The minimum absolute atomic E-state index is 0.285. The van der Waals surface area contributed by atoms with E-state index in [4.69, 9.17) is 0 Å². The van der Waals surface area contributed by atoms with Gasteiger partial charge in [0.25, 0.3) is 0 Å². The maximum Gasteiger partial charge on any atom is 0.0584 e. The second-order valence-electron chi connectivity index (χ2n) is 6.54. The van der Waals surface area contributed by atoms with Crippen molar-refractivity contribution in [2.45, 2.75) is 84.2 Å². The average molecular weight is 255 g/mol. The predicted octanol–water partition coefficient (Wildman–Crippen LogP) is 3.73. The Balaban J connectivity index is 2.33. The molecule has 0 radical (unpaired) electrons. The summed E-state index contributed by atoms with van der Waals surface area (Å²) in [7, 11) is 0. The molecule has 2 nitrogen and oxygen atoms in total. The lowest BCUT2D eigenvalue weighted by molar-refractivity contribution is 0.208. The standard InChI is InChI=1S/C16H33NO/c1-4-6-14-7-5-8-15(10-9-14)17-16(12-18)11-13(2)3/h13-18H,4-12H2,1-3H3. The van der Waals surface area contributed by atoms with Gasteiger partial charge in [0, 0.05) is 12.1 Å². The van der Waals surface area contributed by atoms with Crippen LogP contribution >= 0.6 is 0 Å². The Kier molecular flexibility index (Phi) is 7.92. The van der Waals surface area contributed by atoms with Crippen molar-refractivity contribution in [1.29, 1.82) is 0 Å². The molecule has 1 saturated carbocycles. The highest BCUT2D eigenvalue weighted by Gasteiger charge is 2.20. The maximum atomic E-state index is 9.45. The normalized spacial score (nSPS) is 27.2. The smallest absolute Gasteiger partial charge is 0.0584 e. The highest BCUT2D eigenvalue weighted by atomic mass is 16.3. The third-order valence-corrected chi connectivity index (χ3v) is 4.23. The van der Waals surface area contributed by atoms with E-state index in [2.05, 4.69) is 26.1 Å². The number of aliphatic hydroxyl groups excluding tert-OH is 1. The van der Waals surface area contributed by atoms with Crippen molar-refractivity contribution < 1.29 is 5.11 Å². The van der Waals surface area contributed by atoms with Crippen molar-refractivity contribution in [2.24, 2.45) is 11.8 Å². The van der Waals surface area contributed by atoms with Gasteiger partial charge in [-0.05, 0) is 37.5 Å². The van der Waals surface area contributed by atoms with E-state index in [0.717, 1.165) is 12.3 Å². The Morgan fingerprint density at radius 1 is 1.17 bits per heavy atom. The molecule has 1 rings (SSSR count). The minimum atomic E-state index is 0.285. The minimum Gasteiger partial charge on any atom is -0.395 e. The van der Waals surface area contributed by atoms with E-state index in [1.54, 1.807) is 0 Å². The summed E-state index contributed by atoms with van der Waals surface area (Å²) in [4.78, 5) is 0. The summed E-state index contributed by atoms with van der Waals surface area (Å²) in [5.74, 6) is 1.62. The van der Waals surface area contributed by atoms with Crippen molar-refractivity contribution in [2.75, 3.05) is 6.61 Å². The zero-order valence-electron chi connectivity index (χ0n) is 12.6. The van der Waals surface area contributed by atoms with Crippen LogP contribution in [0.5, 0.6) is 0 Å². The van der Waals surface area contributed by atoms with Gasteiger partial charge in [-0.1, -0.05) is 46.5 Å². The quantitative estimate of drug-likeness (QED) is 0.679. The van der Waals surface area contributed by atoms with E-state index in [0.29, 0.717) is 18.0 Å². The summed E-state index contributed by atoms with van der Waals surface area (Å²) in [6, 6.07) is 0.945. The first-order valence-corrected chi connectivity index (χ1v) is 8.02. The number of nitrogens with one attached hydrogen (secondary N) is 1. The Morgan fingerprint density at radius 3 is 2.56 bits per heavy atom. The molecule has 0 bridgehead atoms. The van der Waals surface area contributed by atoms with E-state index >= 15 is 0 Å². The fourth-order valence-electron chi connectivity index (χ4n) is 3.34. The van der Waals surface area contributed by atoms with Gasteiger partial charge in [-0.15, -0.1) is 0 Å². The molecule has 0 aromatic rings. The van der Waals surface area contributed by atoms with Crippen LogP contribution in [0.3, 0.4) is 0 Å². The lowest BCUT2D eigenvalue weighted by Crippen LogP contribution is -2.41. The molecule has 0 saturated heterocycles. The van der Waals surface area contributed by atoms with Crippen LogP contribution < -0.4 is 5.32 Å². The molecule has 0 aromatic carbocycles. The zero-order chi connectivity index (χ0) is 13.4. The summed E-state index contributed by atoms with van der Waals surface area (Å²) < 4.78 is 0. The van der Waals surface area contributed by atoms with Crippen molar-refractivity contribution in [3.63, 3.8) is 0 Å². The summed E-state index contributed by atoms with van der Waals surface area (Å²) >= 11 is 0. The molecule has 108 valence electrons. The van der Waals surface area contributed by atoms with Crippen LogP contribution in [-0.2, 0) is 0 Å². The monoisotopic (exact) mass is 255 g/mol. The van der Waals surface area contributed by atoms with Crippen LogP contribution in [0.15, 0.2) is 0 Å². The molecule has 1 aliphatic carbocycles. The van der Waals surface area contributed by atoms with Gasteiger partial charge in [-0.2, -0.15) is 0 Å². The molecule has 2 N–H and O–H groups in total. The average Bonchev–Trinajstić information content (AvgIpc) is 2.54. The van der Waals surface area contributed by atoms with Gasteiger partial charge in [0.05, 0.1) is 6.61 Å². The molecule has 0 aromatic heterocycles. The summed E-state index contributed by atoms with van der Waals surface area (Å²) in [5.41, 5.74) is 0. The second-order valence-corrected chi connectivity index (χ2v) is 6.54. The first-order valence-electron chi connectivity index (χ1n) is 8.02. The number of rotatable bonds is 7. The molecule has 0 aliphatic heterocycles. The molecule has 1 fully saturated rings. The molecule has 3 atom stereocenters. The molecule has 0 spiro atoms. The lowest BCUT2D eigenvalue weighted by Gasteiger charge is -2.25. The zero-order valence-corrected chi connectivity index (χ0v) is 12.6. The molecule has 0 heterocycles. The van der Waals surface area contributed by atoms with Crippen molar-refractivity contribution >= 4 is 0 Å². The van der Waals surface area contributed by atoms with Crippen LogP contribution in [0.4, 0.5) is 0 Å². The Morgan fingerprint density at radius 2 is 1.94 bits per heavy atom. The fourth-order valence-corrected chi connectivity index (χ4v) is 3.34. The fraction of sp³-hybridized carbons (Fsp3) is 1.00. The summed E-state index contributed by atoms with van der Waals surface area (Å²) in [6.45, 7) is 7.04. The van der Waals surface area contributed by atoms with Crippen LogP contribution in [0.1, 0.15) is 72.1 Å². The first-order chi connectivity index (χ1) is 8.65. The number of hydrogen-bond donors (Lipinski definition) is 2. The van der Waals surface area contributed by atoms with Crippen molar-refractivity contribution in [3.05, 3.63) is 0 Å². The molecule has 3 unspecified atom stereocenters. The molecular formula is C16H33NO. The Labute approximate surface area is 114 Å². The van der Waals surface area contributed by atoms with E-state index in [9.17, 15) is 5.11 Å². The van der Waals surface area contributed by atoms with Gasteiger partial charge in [0.2, 0.25) is 0 Å². The van der Waals surface area contributed by atoms with Crippen LogP contribution in [0.2, 0.25) is 0 Å². The largest absolute Gasteiger partial charge is 0.395 e. The Bertz CT molecular complexity index is 205. The Hall–Kier alpha value is -0.0800. The summed E-state index contributed by atoms with van der Waals surface area (Å²) in [6.07, 6.45) is 10.6. The third-order valence-electron chi connectivity index (χ3n) is 4.23. The van der Waals surface area contributed by atoms with Crippen molar-refractivity contribution in [3.8, 4) is 0 Å². The van der Waals surface area contributed by atoms with Gasteiger partial charge in [0.15, 0.2) is 0 Å². The van der Waals surface area contributed by atoms with E-state index in [1.807, 2.05) is 0 Å². The number of hydrogen-bond acceptors (Lipinski definition) is 2. The van der Waals surface area contributed by atoms with Gasteiger partial charge in [0.1, 0.15) is 0 Å². The van der Waals surface area contributed by atoms with Gasteiger partial charge < -0.3 is 10.4 Å². The predicted molar refractivity (Wildman–Crippen MR) is 78.7 cm³/mol. The lowest BCUT2D eigenvalue weighted by atomic mass is 9.95. The van der Waals surface area contributed by atoms with E-state index in [1.165, 1.54) is 44.9 Å². The third kappa shape index (κ3) is 6.19. The van der Waals surface area contributed by atoms with Crippen molar-refractivity contribution in [1.82, 2.24) is 5.32 Å². The van der Waals surface area contributed by atoms with Crippen LogP contribution in [0, 0.1) is 11.8 Å². The maximum absolute atomic E-state index is 9.45. The molecule has 0 amide bonds. The molecule has 2 heteroatoms. The van der Waals surface area contributed by atoms with Gasteiger partial charge in [-0.3, -0.25) is 0 Å². The molecule has 18 heavy (non-hydrogen) atoms. The number of aliphatic hydroxyl groups is 1. The highest BCUT2D eigenvalue weighted by molar-refractivity contribution is 4.79. The topological polar surface area (TPSA) is 32.3 Å². The van der Waals surface area contributed by atoms with E-state index in [-0.39, 0.29) is 6.61 Å². The van der Waals surface area contributed by atoms with Gasteiger partial charge >= 0.3 is 0 Å². The van der Waals surface area contributed by atoms with Crippen LogP contribution in [0.25, 0.3) is 0 Å². The second kappa shape index (κ2) is 8.92.